The molecule has 2 saturated carbocycles. The molecule has 1 aromatic heterocycles. The summed E-state index contributed by atoms with van der Waals surface area (Å²) in [6.45, 7) is 0. The van der Waals surface area contributed by atoms with E-state index >= 15 is 0 Å². The van der Waals surface area contributed by atoms with Gasteiger partial charge in [-0.2, -0.15) is 11.8 Å². The lowest BCUT2D eigenvalue weighted by Crippen LogP contribution is -2.05. The average Bonchev–Trinajstić information content (AvgIpc) is 3.14. The number of rotatable bonds is 5. The van der Waals surface area contributed by atoms with Gasteiger partial charge >= 0.3 is 0 Å². The third-order valence-corrected chi connectivity index (χ3v) is 4.06. The highest BCUT2D eigenvalue weighted by Gasteiger charge is 2.36. The molecule has 1 aromatic rings. The Hall–Kier alpha value is -0.640. The monoisotopic (exact) mass is 237 g/mol. The van der Waals surface area contributed by atoms with Crippen LogP contribution in [0.2, 0.25) is 0 Å². The number of hydrogen-bond donors (Lipinski definition) is 1. The SMILES string of the molecule is CSCCc1nc(C2CC2)n(C2CC2)c1N. The highest BCUT2D eigenvalue weighted by Crippen LogP contribution is 2.46. The Labute approximate surface area is 101 Å². The van der Waals surface area contributed by atoms with E-state index in [1.165, 1.54) is 31.5 Å². The van der Waals surface area contributed by atoms with Crippen LogP contribution in [0.4, 0.5) is 5.82 Å². The maximum Gasteiger partial charge on any atom is 0.127 e. The van der Waals surface area contributed by atoms with Crippen LogP contribution in [0, 0.1) is 0 Å². The lowest BCUT2D eigenvalue weighted by molar-refractivity contribution is 0.691. The summed E-state index contributed by atoms with van der Waals surface area (Å²) in [4.78, 5) is 4.80. The minimum Gasteiger partial charge on any atom is -0.384 e. The number of hydrogen-bond acceptors (Lipinski definition) is 3. The summed E-state index contributed by atoms with van der Waals surface area (Å²) < 4.78 is 2.34. The number of nitrogen functional groups attached to an aromatic ring is 1. The van der Waals surface area contributed by atoms with Gasteiger partial charge in [0.05, 0.1) is 5.69 Å². The van der Waals surface area contributed by atoms with E-state index < -0.39 is 0 Å². The number of thioether (sulfide) groups is 1. The third kappa shape index (κ3) is 1.83. The molecule has 2 N–H and O–H groups in total. The summed E-state index contributed by atoms with van der Waals surface area (Å²) >= 11 is 1.86. The zero-order valence-electron chi connectivity index (χ0n) is 9.78. The van der Waals surface area contributed by atoms with Gasteiger partial charge in [-0.1, -0.05) is 0 Å². The zero-order chi connectivity index (χ0) is 11.1. The second-order valence-electron chi connectivity index (χ2n) is 4.92. The van der Waals surface area contributed by atoms with E-state index in [0.29, 0.717) is 12.0 Å². The minimum absolute atomic E-state index is 0.672. The predicted molar refractivity (Wildman–Crippen MR) is 69.0 cm³/mol. The molecule has 16 heavy (non-hydrogen) atoms. The molecule has 0 atom stereocenters. The van der Waals surface area contributed by atoms with E-state index in [2.05, 4.69) is 10.8 Å². The smallest absolute Gasteiger partial charge is 0.127 e. The number of nitrogens with two attached hydrogens (primary N) is 1. The highest BCUT2D eigenvalue weighted by atomic mass is 32.2. The summed E-state index contributed by atoms with van der Waals surface area (Å²) in [6.07, 6.45) is 8.36. The topological polar surface area (TPSA) is 43.8 Å². The van der Waals surface area contributed by atoms with E-state index in [-0.39, 0.29) is 0 Å². The van der Waals surface area contributed by atoms with Crippen molar-refractivity contribution in [3.8, 4) is 0 Å². The highest BCUT2D eigenvalue weighted by molar-refractivity contribution is 7.98. The van der Waals surface area contributed by atoms with E-state index in [1.54, 1.807) is 0 Å². The molecule has 0 saturated heterocycles. The Balaban J connectivity index is 1.90. The fourth-order valence-electron chi connectivity index (χ4n) is 2.24. The number of aryl methyl sites for hydroxylation is 1. The molecule has 0 spiro atoms. The van der Waals surface area contributed by atoms with Crippen LogP contribution in [0.5, 0.6) is 0 Å². The van der Waals surface area contributed by atoms with Crippen molar-refractivity contribution in [3.63, 3.8) is 0 Å². The lowest BCUT2D eigenvalue weighted by Gasteiger charge is -2.06. The van der Waals surface area contributed by atoms with Gasteiger partial charge in [-0.3, -0.25) is 0 Å². The molecular weight excluding hydrogens is 218 g/mol. The third-order valence-electron chi connectivity index (χ3n) is 3.45. The van der Waals surface area contributed by atoms with Crippen molar-refractivity contribution in [2.45, 2.75) is 44.1 Å². The Morgan fingerprint density at radius 2 is 2.12 bits per heavy atom. The van der Waals surface area contributed by atoms with E-state index in [9.17, 15) is 0 Å². The van der Waals surface area contributed by atoms with Crippen molar-refractivity contribution in [2.75, 3.05) is 17.7 Å². The summed E-state index contributed by atoms with van der Waals surface area (Å²) in [5, 5.41) is 0. The molecule has 0 radical (unpaired) electrons. The normalized spacial score (nSPS) is 20.3. The molecule has 3 nitrogen and oxygen atoms in total. The van der Waals surface area contributed by atoms with Gasteiger partial charge in [-0.15, -0.1) is 0 Å². The standard InChI is InChI=1S/C12H19N3S/c1-16-7-6-10-11(13)15(9-4-5-9)12(14-10)8-2-3-8/h8-9H,2-7,13H2,1H3. The number of imidazole rings is 1. The van der Waals surface area contributed by atoms with Gasteiger partial charge in [0.15, 0.2) is 0 Å². The predicted octanol–water partition coefficient (Wildman–Crippen LogP) is 2.58. The average molecular weight is 237 g/mol. The Bertz CT molecular complexity index is 391. The maximum atomic E-state index is 6.24. The first kappa shape index (κ1) is 10.5. The van der Waals surface area contributed by atoms with Gasteiger partial charge in [0.2, 0.25) is 0 Å². The Kier molecular flexibility index (Phi) is 2.62. The van der Waals surface area contributed by atoms with Crippen molar-refractivity contribution >= 4 is 17.6 Å². The van der Waals surface area contributed by atoms with E-state index in [0.717, 1.165) is 23.7 Å². The quantitative estimate of drug-likeness (QED) is 0.856. The van der Waals surface area contributed by atoms with E-state index in [4.69, 9.17) is 10.7 Å². The summed E-state index contributed by atoms with van der Waals surface area (Å²) in [5.74, 6) is 4.08. The van der Waals surface area contributed by atoms with Crippen molar-refractivity contribution in [3.05, 3.63) is 11.5 Å². The summed E-state index contributed by atoms with van der Waals surface area (Å²) in [5.41, 5.74) is 7.38. The minimum atomic E-state index is 0.672. The van der Waals surface area contributed by atoms with Crippen LogP contribution in [-0.4, -0.2) is 21.6 Å². The van der Waals surface area contributed by atoms with Gasteiger partial charge in [0.25, 0.3) is 0 Å². The number of anilines is 1. The van der Waals surface area contributed by atoms with Crippen LogP contribution in [0.1, 0.15) is 49.2 Å². The van der Waals surface area contributed by atoms with Gasteiger partial charge in [0, 0.05) is 18.4 Å². The summed E-state index contributed by atoms with van der Waals surface area (Å²) in [6, 6.07) is 0.672. The molecule has 0 bridgehead atoms. The van der Waals surface area contributed by atoms with Gasteiger partial charge in [-0.25, -0.2) is 4.98 Å². The second-order valence-corrected chi connectivity index (χ2v) is 5.91. The maximum absolute atomic E-state index is 6.24. The molecule has 1 heterocycles. The molecule has 0 amide bonds. The molecule has 0 aromatic carbocycles. The molecule has 2 aliphatic rings. The van der Waals surface area contributed by atoms with E-state index in [1.807, 2.05) is 11.8 Å². The molecule has 2 aliphatic carbocycles. The van der Waals surface area contributed by atoms with Crippen molar-refractivity contribution in [1.82, 2.24) is 9.55 Å². The van der Waals surface area contributed by atoms with Crippen LogP contribution >= 0.6 is 11.8 Å². The lowest BCUT2D eigenvalue weighted by atomic mass is 10.3. The van der Waals surface area contributed by atoms with Gasteiger partial charge < -0.3 is 10.3 Å². The molecule has 88 valence electrons. The number of nitrogens with zero attached hydrogens (tertiary/aromatic N) is 2. The molecule has 0 unspecified atom stereocenters. The van der Waals surface area contributed by atoms with Gasteiger partial charge in [0.1, 0.15) is 11.6 Å². The largest absolute Gasteiger partial charge is 0.384 e. The Morgan fingerprint density at radius 3 is 2.69 bits per heavy atom. The first-order valence-corrected chi connectivity index (χ1v) is 7.56. The number of aromatic nitrogens is 2. The zero-order valence-corrected chi connectivity index (χ0v) is 10.6. The molecular formula is C12H19N3S. The molecule has 0 aliphatic heterocycles. The van der Waals surface area contributed by atoms with Gasteiger partial charge in [-0.05, 0) is 37.7 Å². The van der Waals surface area contributed by atoms with Crippen molar-refractivity contribution in [2.24, 2.45) is 0 Å². The van der Waals surface area contributed by atoms with Crippen LogP contribution in [-0.2, 0) is 6.42 Å². The van der Waals surface area contributed by atoms with Crippen LogP contribution in [0.25, 0.3) is 0 Å². The second kappa shape index (κ2) is 3.99. The molecule has 2 fully saturated rings. The molecule has 3 rings (SSSR count). The first-order valence-electron chi connectivity index (χ1n) is 6.16. The first-order chi connectivity index (χ1) is 7.81. The molecule has 4 heteroatoms. The van der Waals surface area contributed by atoms with Crippen molar-refractivity contribution < 1.29 is 0 Å². The van der Waals surface area contributed by atoms with Crippen molar-refractivity contribution in [1.29, 1.82) is 0 Å². The van der Waals surface area contributed by atoms with Crippen LogP contribution in [0.3, 0.4) is 0 Å². The fraction of sp³-hybridized carbons (Fsp3) is 0.750. The summed E-state index contributed by atoms with van der Waals surface area (Å²) in [7, 11) is 0. The van der Waals surface area contributed by atoms with Crippen LogP contribution in [0.15, 0.2) is 0 Å². The van der Waals surface area contributed by atoms with Crippen LogP contribution < -0.4 is 5.73 Å². The fourth-order valence-corrected chi connectivity index (χ4v) is 2.64. The Morgan fingerprint density at radius 1 is 1.38 bits per heavy atom.